The van der Waals surface area contributed by atoms with Gasteiger partial charge in [-0.05, 0) is 12.8 Å². The Kier molecular flexibility index (Phi) is 4.50. The highest BCUT2D eigenvalue weighted by molar-refractivity contribution is 4.85. The second-order valence-electron chi connectivity index (χ2n) is 4.99. The van der Waals surface area contributed by atoms with Gasteiger partial charge in [0.15, 0.2) is 5.82 Å². The Morgan fingerprint density at radius 3 is 2.82 bits per heavy atom. The summed E-state index contributed by atoms with van der Waals surface area (Å²) in [6.07, 6.45) is 8.20. The van der Waals surface area contributed by atoms with E-state index in [2.05, 4.69) is 20.0 Å². The molecule has 5 nitrogen and oxygen atoms in total. The van der Waals surface area contributed by atoms with Gasteiger partial charge in [-0.15, -0.1) is 0 Å². The topological polar surface area (TPSA) is 71.2 Å². The second kappa shape index (κ2) is 6.12. The number of hydrogen-bond donors (Lipinski definition) is 2. The molecule has 0 unspecified atom stereocenters. The Morgan fingerprint density at radius 1 is 1.35 bits per heavy atom. The Hall–Kier alpha value is -0.940. The highest BCUT2D eigenvalue weighted by atomic mass is 16.5. The fraction of sp³-hybridized carbons (Fsp3) is 0.833. The van der Waals surface area contributed by atoms with Crippen LogP contribution in [0.5, 0.6) is 0 Å². The van der Waals surface area contributed by atoms with Gasteiger partial charge in [0.2, 0.25) is 6.39 Å². The summed E-state index contributed by atoms with van der Waals surface area (Å²) in [4.78, 5) is 3.97. The van der Waals surface area contributed by atoms with Crippen LogP contribution in [0.25, 0.3) is 0 Å². The van der Waals surface area contributed by atoms with Crippen LogP contribution < -0.4 is 5.32 Å². The van der Waals surface area contributed by atoms with Crippen LogP contribution in [-0.2, 0) is 6.42 Å². The molecule has 17 heavy (non-hydrogen) atoms. The molecule has 2 N–H and O–H groups in total. The lowest BCUT2D eigenvalue weighted by atomic mass is 9.74. The van der Waals surface area contributed by atoms with Crippen LogP contribution in [0.2, 0.25) is 0 Å². The van der Waals surface area contributed by atoms with E-state index in [4.69, 9.17) is 0 Å². The average molecular weight is 239 g/mol. The van der Waals surface area contributed by atoms with E-state index in [1.165, 1.54) is 25.7 Å². The highest BCUT2D eigenvalue weighted by Crippen LogP contribution is 2.35. The molecule has 1 aromatic rings. The molecule has 1 heterocycles. The molecule has 0 aromatic carbocycles. The summed E-state index contributed by atoms with van der Waals surface area (Å²) in [7, 11) is 0. The second-order valence-corrected chi connectivity index (χ2v) is 4.99. The van der Waals surface area contributed by atoms with Crippen molar-refractivity contribution in [2.75, 3.05) is 19.7 Å². The zero-order valence-corrected chi connectivity index (χ0v) is 10.2. The maximum Gasteiger partial charge on any atom is 0.213 e. The quantitative estimate of drug-likeness (QED) is 0.728. The van der Waals surface area contributed by atoms with E-state index in [1.54, 1.807) is 0 Å². The van der Waals surface area contributed by atoms with Crippen molar-refractivity contribution < 1.29 is 9.63 Å². The molecule has 1 aliphatic rings. The molecular formula is C12H21N3O2. The molecule has 2 rings (SSSR count). The molecule has 0 amide bonds. The van der Waals surface area contributed by atoms with Crippen molar-refractivity contribution in [3.05, 3.63) is 12.2 Å². The van der Waals surface area contributed by atoms with Gasteiger partial charge in [-0.2, -0.15) is 4.98 Å². The van der Waals surface area contributed by atoms with E-state index in [9.17, 15) is 5.11 Å². The number of aliphatic hydroxyl groups is 1. The number of nitrogens with one attached hydrogen (secondary N) is 1. The standard InChI is InChI=1S/C12H21N3O2/c16-9-12(5-2-1-3-6-12)8-13-7-4-11-14-10-17-15-11/h10,13,16H,1-9H2. The van der Waals surface area contributed by atoms with Gasteiger partial charge >= 0.3 is 0 Å². The predicted molar refractivity (Wildman–Crippen MR) is 63.5 cm³/mol. The SMILES string of the molecule is OCC1(CNCCc2ncon2)CCCCC1. The average Bonchev–Trinajstić information content (AvgIpc) is 2.89. The van der Waals surface area contributed by atoms with Gasteiger partial charge < -0.3 is 14.9 Å². The fourth-order valence-electron chi connectivity index (χ4n) is 2.55. The first kappa shape index (κ1) is 12.5. The van der Waals surface area contributed by atoms with Gasteiger partial charge in [-0.1, -0.05) is 24.4 Å². The summed E-state index contributed by atoms with van der Waals surface area (Å²) < 4.78 is 4.67. The van der Waals surface area contributed by atoms with Gasteiger partial charge in [-0.25, -0.2) is 0 Å². The zero-order valence-electron chi connectivity index (χ0n) is 10.2. The van der Waals surface area contributed by atoms with E-state index in [0.29, 0.717) is 6.61 Å². The van der Waals surface area contributed by atoms with Gasteiger partial charge in [0, 0.05) is 31.5 Å². The molecule has 96 valence electrons. The van der Waals surface area contributed by atoms with Gasteiger partial charge in [0.1, 0.15) is 0 Å². The van der Waals surface area contributed by atoms with Crippen molar-refractivity contribution in [2.24, 2.45) is 5.41 Å². The summed E-state index contributed by atoms with van der Waals surface area (Å²) in [5.74, 6) is 0.735. The van der Waals surface area contributed by atoms with Crippen molar-refractivity contribution in [1.82, 2.24) is 15.5 Å². The maximum absolute atomic E-state index is 9.55. The smallest absolute Gasteiger partial charge is 0.213 e. The van der Waals surface area contributed by atoms with Crippen LogP contribution >= 0.6 is 0 Å². The molecule has 1 saturated carbocycles. The third-order valence-corrected chi connectivity index (χ3v) is 3.68. The minimum absolute atomic E-state index is 0.107. The number of aromatic nitrogens is 2. The first-order valence-corrected chi connectivity index (χ1v) is 6.41. The van der Waals surface area contributed by atoms with E-state index in [-0.39, 0.29) is 5.41 Å². The lowest BCUT2D eigenvalue weighted by molar-refractivity contribution is 0.0816. The number of nitrogens with zero attached hydrogens (tertiary/aromatic N) is 2. The van der Waals surface area contributed by atoms with Crippen LogP contribution in [0.3, 0.4) is 0 Å². The summed E-state index contributed by atoms with van der Waals surface area (Å²) in [6.45, 7) is 2.02. The van der Waals surface area contributed by atoms with Crippen LogP contribution in [0.1, 0.15) is 37.9 Å². The molecule has 0 aliphatic heterocycles. The molecule has 1 aliphatic carbocycles. The summed E-state index contributed by atoms with van der Waals surface area (Å²) >= 11 is 0. The third kappa shape index (κ3) is 3.51. The van der Waals surface area contributed by atoms with Gasteiger partial charge in [0.05, 0.1) is 0 Å². The molecular weight excluding hydrogens is 218 g/mol. The highest BCUT2D eigenvalue weighted by Gasteiger charge is 2.30. The molecule has 0 atom stereocenters. The van der Waals surface area contributed by atoms with E-state index < -0.39 is 0 Å². The largest absolute Gasteiger partial charge is 0.396 e. The van der Waals surface area contributed by atoms with E-state index in [1.807, 2.05) is 0 Å². The monoisotopic (exact) mass is 239 g/mol. The summed E-state index contributed by atoms with van der Waals surface area (Å²) in [6, 6.07) is 0. The number of rotatable bonds is 6. The fourth-order valence-corrected chi connectivity index (χ4v) is 2.55. The number of aliphatic hydroxyl groups excluding tert-OH is 1. The number of hydrogen-bond acceptors (Lipinski definition) is 5. The molecule has 1 fully saturated rings. The van der Waals surface area contributed by atoms with E-state index in [0.717, 1.165) is 38.2 Å². The first-order chi connectivity index (χ1) is 8.35. The van der Waals surface area contributed by atoms with Crippen LogP contribution in [0.15, 0.2) is 10.9 Å². The maximum atomic E-state index is 9.55. The lowest BCUT2D eigenvalue weighted by Gasteiger charge is -2.35. The molecule has 1 aromatic heterocycles. The summed E-state index contributed by atoms with van der Waals surface area (Å²) in [5.41, 5.74) is 0.107. The van der Waals surface area contributed by atoms with Crippen molar-refractivity contribution in [1.29, 1.82) is 0 Å². The lowest BCUT2D eigenvalue weighted by Crippen LogP contribution is -2.39. The molecule has 0 radical (unpaired) electrons. The minimum atomic E-state index is 0.107. The van der Waals surface area contributed by atoms with Crippen LogP contribution in [0, 0.1) is 5.41 Å². The van der Waals surface area contributed by atoms with E-state index >= 15 is 0 Å². The third-order valence-electron chi connectivity index (χ3n) is 3.68. The van der Waals surface area contributed by atoms with Gasteiger partial charge in [0.25, 0.3) is 0 Å². The van der Waals surface area contributed by atoms with Crippen molar-refractivity contribution in [3.8, 4) is 0 Å². The molecule has 0 spiro atoms. The first-order valence-electron chi connectivity index (χ1n) is 6.41. The Balaban J connectivity index is 1.69. The van der Waals surface area contributed by atoms with Crippen molar-refractivity contribution in [3.63, 3.8) is 0 Å². The van der Waals surface area contributed by atoms with Crippen LogP contribution in [0.4, 0.5) is 0 Å². The normalized spacial score (nSPS) is 19.4. The Labute approximate surface area is 102 Å². The van der Waals surface area contributed by atoms with Crippen molar-refractivity contribution >= 4 is 0 Å². The van der Waals surface area contributed by atoms with Crippen molar-refractivity contribution in [2.45, 2.75) is 38.5 Å². The summed E-state index contributed by atoms with van der Waals surface area (Å²) in [5, 5.41) is 16.7. The molecule has 5 heteroatoms. The zero-order chi connectivity index (χ0) is 12.0. The predicted octanol–water partition coefficient (Wildman–Crippen LogP) is 1.14. The van der Waals surface area contributed by atoms with Crippen LogP contribution in [-0.4, -0.2) is 34.9 Å². The minimum Gasteiger partial charge on any atom is -0.396 e. The Morgan fingerprint density at radius 2 is 2.18 bits per heavy atom. The Bertz CT molecular complexity index is 308. The molecule has 0 bridgehead atoms. The molecule has 0 saturated heterocycles. The van der Waals surface area contributed by atoms with Gasteiger partial charge in [-0.3, -0.25) is 0 Å².